The van der Waals surface area contributed by atoms with E-state index in [4.69, 9.17) is 9.25 Å². The molecule has 1 aromatic carbocycles. The molecule has 1 aliphatic rings. The first-order chi connectivity index (χ1) is 12.3. The molecule has 1 atom stereocenters. The Morgan fingerprint density at radius 2 is 2.16 bits per heavy atom. The van der Waals surface area contributed by atoms with Gasteiger partial charge in [0.05, 0.1) is 6.42 Å². The van der Waals surface area contributed by atoms with Gasteiger partial charge in [0.25, 0.3) is 5.91 Å². The van der Waals surface area contributed by atoms with Crippen LogP contribution in [-0.4, -0.2) is 27.7 Å². The smallest absolute Gasteiger partial charge is 0.269 e. The molecule has 3 aromatic rings. The standard InChI is InChI=1S/C18H16N4O3/c23-18(20-11-12-4-3-7-19-10-12)15-8-13(25-22-15)9-17-21-14-5-1-2-6-16(14)24-17/h1-7,10,13H,8-9,11H2,(H,20,23)/t13-/m1/s1. The van der Waals surface area contributed by atoms with Gasteiger partial charge in [-0.25, -0.2) is 4.98 Å². The molecule has 3 heterocycles. The van der Waals surface area contributed by atoms with E-state index in [0.717, 1.165) is 16.7 Å². The number of pyridine rings is 1. The van der Waals surface area contributed by atoms with Crippen molar-refractivity contribution in [1.82, 2.24) is 15.3 Å². The van der Waals surface area contributed by atoms with Crippen molar-refractivity contribution >= 4 is 22.7 Å². The quantitative estimate of drug-likeness (QED) is 0.772. The molecule has 126 valence electrons. The Balaban J connectivity index is 1.32. The van der Waals surface area contributed by atoms with E-state index in [9.17, 15) is 4.79 Å². The maximum absolute atomic E-state index is 12.2. The number of nitrogens with zero attached hydrogens (tertiary/aromatic N) is 3. The molecule has 0 saturated carbocycles. The number of benzene rings is 1. The number of fused-ring (bicyclic) bond motifs is 1. The van der Waals surface area contributed by atoms with Gasteiger partial charge in [-0.15, -0.1) is 0 Å². The molecule has 0 radical (unpaired) electrons. The lowest BCUT2D eigenvalue weighted by molar-refractivity contribution is -0.115. The molecule has 25 heavy (non-hydrogen) atoms. The lowest BCUT2D eigenvalue weighted by atomic mass is 10.1. The maximum Gasteiger partial charge on any atom is 0.269 e. The van der Waals surface area contributed by atoms with Crippen LogP contribution in [0.3, 0.4) is 0 Å². The second kappa shape index (κ2) is 6.72. The molecule has 7 heteroatoms. The summed E-state index contributed by atoms with van der Waals surface area (Å²) < 4.78 is 5.68. The predicted molar refractivity (Wildman–Crippen MR) is 90.7 cm³/mol. The molecule has 0 aliphatic carbocycles. The summed E-state index contributed by atoms with van der Waals surface area (Å²) in [7, 11) is 0. The molecule has 0 bridgehead atoms. The zero-order valence-electron chi connectivity index (χ0n) is 13.4. The van der Waals surface area contributed by atoms with Gasteiger partial charge >= 0.3 is 0 Å². The van der Waals surface area contributed by atoms with Gasteiger partial charge in [-0.1, -0.05) is 23.4 Å². The summed E-state index contributed by atoms with van der Waals surface area (Å²) in [5, 5.41) is 6.72. The highest BCUT2D eigenvalue weighted by atomic mass is 16.6. The van der Waals surface area contributed by atoms with Gasteiger partial charge in [-0.05, 0) is 23.8 Å². The minimum atomic E-state index is -0.243. The van der Waals surface area contributed by atoms with Crippen LogP contribution in [0.15, 0.2) is 58.4 Å². The van der Waals surface area contributed by atoms with Crippen molar-refractivity contribution < 1.29 is 14.0 Å². The van der Waals surface area contributed by atoms with E-state index >= 15 is 0 Å². The van der Waals surface area contributed by atoms with Crippen molar-refractivity contribution in [3.05, 3.63) is 60.2 Å². The van der Waals surface area contributed by atoms with Crippen LogP contribution < -0.4 is 5.32 Å². The number of oxime groups is 1. The molecule has 0 fully saturated rings. The van der Waals surface area contributed by atoms with Crippen molar-refractivity contribution in [2.45, 2.75) is 25.5 Å². The Hall–Kier alpha value is -3.22. The van der Waals surface area contributed by atoms with Crippen molar-refractivity contribution in [2.24, 2.45) is 5.16 Å². The van der Waals surface area contributed by atoms with Gasteiger partial charge in [-0.3, -0.25) is 9.78 Å². The van der Waals surface area contributed by atoms with Crippen LogP contribution in [0.1, 0.15) is 17.9 Å². The monoisotopic (exact) mass is 336 g/mol. The number of oxazole rings is 1. The first kappa shape index (κ1) is 15.3. The normalized spacial score (nSPS) is 16.5. The van der Waals surface area contributed by atoms with E-state index in [1.165, 1.54) is 0 Å². The van der Waals surface area contributed by atoms with Crippen molar-refractivity contribution in [3.63, 3.8) is 0 Å². The predicted octanol–water partition coefficient (Wildman–Crippen LogP) is 2.23. The number of amides is 1. The van der Waals surface area contributed by atoms with Crippen molar-refractivity contribution in [1.29, 1.82) is 0 Å². The molecule has 1 N–H and O–H groups in total. The maximum atomic E-state index is 12.2. The van der Waals surface area contributed by atoms with Gasteiger partial charge in [0, 0.05) is 25.4 Å². The molecule has 2 aromatic heterocycles. The van der Waals surface area contributed by atoms with Gasteiger partial charge in [0.1, 0.15) is 17.3 Å². The molecular weight excluding hydrogens is 320 g/mol. The second-order valence-corrected chi connectivity index (χ2v) is 5.79. The highest BCUT2D eigenvalue weighted by Gasteiger charge is 2.27. The van der Waals surface area contributed by atoms with E-state index in [1.807, 2.05) is 36.4 Å². The minimum absolute atomic E-state index is 0.232. The van der Waals surface area contributed by atoms with Gasteiger partial charge in [0.15, 0.2) is 11.5 Å². The largest absolute Gasteiger partial charge is 0.441 e. The third-order valence-electron chi connectivity index (χ3n) is 3.91. The molecule has 7 nitrogen and oxygen atoms in total. The van der Waals surface area contributed by atoms with Crippen LogP contribution in [0, 0.1) is 0 Å². The van der Waals surface area contributed by atoms with E-state index in [1.54, 1.807) is 12.4 Å². The van der Waals surface area contributed by atoms with Crippen LogP contribution in [0.2, 0.25) is 0 Å². The van der Waals surface area contributed by atoms with Crippen LogP contribution in [-0.2, 0) is 22.6 Å². The number of rotatable bonds is 5. The third kappa shape index (κ3) is 3.50. The molecule has 1 amide bonds. The SMILES string of the molecule is O=C(NCc1cccnc1)C1=NO[C@@H](Cc2nc3ccccc3o2)C1. The number of hydrogen-bond acceptors (Lipinski definition) is 6. The topological polar surface area (TPSA) is 89.6 Å². The van der Waals surface area contributed by atoms with Crippen molar-refractivity contribution in [2.75, 3.05) is 0 Å². The minimum Gasteiger partial charge on any atom is -0.441 e. The fourth-order valence-corrected chi connectivity index (χ4v) is 2.66. The molecule has 1 aliphatic heterocycles. The highest BCUT2D eigenvalue weighted by Crippen LogP contribution is 2.20. The molecular formula is C18H16N4O3. The molecule has 0 spiro atoms. The zero-order chi connectivity index (χ0) is 17.1. The fourth-order valence-electron chi connectivity index (χ4n) is 2.66. The highest BCUT2D eigenvalue weighted by molar-refractivity contribution is 6.39. The number of para-hydroxylation sites is 2. The number of carbonyl (C=O) groups is 1. The third-order valence-corrected chi connectivity index (χ3v) is 3.91. The summed E-state index contributed by atoms with van der Waals surface area (Å²) in [5.74, 6) is 0.349. The van der Waals surface area contributed by atoms with E-state index < -0.39 is 0 Å². The Morgan fingerprint density at radius 3 is 3.00 bits per heavy atom. The Bertz CT molecular complexity index is 887. The van der Waals surface area contributed by atoms with Crippen LogP contribution in [0.25, 0.3) is 11.1 Å². The number of carbonyl (C=O) groups excluding carboxylic acids is 1. The van der Waals surface area contributed by atoms with Crippen LogP contribution in [0.4, 0.5) is 0 Å². The average molecular weight is 336 g/mol. The lowest BCUT2D eigenvalue weighted by Crippen LogP contribution is -2.30. The van der Waals surface area contributed by atoms with Crippen LogP contribution >= 0.6 is 0 Å². The molecule has 0 unspecified atom stereocenters. The Kier molecular flexibility index (Phi) is 4.12. The second-order valence-electron chi connectivity index (χ2n) is 5.79. The summed E-state index contributed by atoms with van der Waals surface area (Å²) in [4.78, 5) is 26.0. The number of aromatic nitrogens is 2. The fraction of sp³-hybridized carbons (Fsp3) is 0.222. The number of nitrogens with one attached hydrogen (secondary N) is 1. The Morgan fingerprint density at radius 1 is 1.24 bits per heavy atom. The summed E-state index contributed by atoms with van der Waals surface area (Å²) in [6.45, 7) is 0.404. The summed E-state index contributed by atoms with van der Waals surface area (Å²) in [5.41, 5.74) is 2.86. The van der Waals surface area contributed by atoms with E-state index in [-0.39, 0.29) is 12.0 Å². The zero-order valence-corrected chi connectivity index (χ0v) is 13.4. The first-order valence-electron chi connectivity index (χ1n) is 8.02. The average Bonchev–Trinajstić information content (AvgIpc) is 3.27. The number of hydrogen-bond donors (Lipinski definition) is 1. The van der Waals surface area contributed by atoms with E-state index in [2.05, 4.69) is 20.4 Å². The van der Waals surface area contributed by atoms with Gasteiger partial charge in [-0.2, -0.15) is 0 Å². The van der Waals surface area contributed by atoms with Crippen LogP contribution in [0.5, 0.6) is 0 Å². The van der Waals surface area contributed by atoms with Gasteiger partial charge < -0.3 is 14.6 Å². The summed E-state index contributed by atoms with van der Waals surface area (Å²) in [6.07, 6.45) is 4.06. The summed E-state index contributed by atoms with van der Waals surface area (Å²) in [6, 6.07) is 11.3. The Labute approximate surface area is 143 Å². The molecule has 0 saturated heterocycles. The summed E-state index contributed by atoms with van der Waals surface area (Å²) >= 11 is 0. The van der Waals surface area contributed by atoms with Crippen molar-refractivity contribution in [3.8, 4) is 0 Å². The van der Waals surface area contributed by atoms with Gasteiger partial charge in [0.2, 0.25) is 0 Å². The van der Waals surface area contributed by atoms with E-state index in [0.29, 0.717) is 31.0 Å². The lowest BCUT2D eigenvalue weighted by Gasteiger charge is -2.05. The molecule has 4 rings (SSSR count). The first-order valence-corrected chi connectivity index (χ1v) is 8.02.